The van der Waals surface area contributed by atoms with Crippen LogP contribution in [-0.4, -0.2) is 16.2 Å². The van der Waals surface area contributed by atoms with Gasteiger partial charge in [0.25, 0.3) is 0 Å². The van der Waals surface area contributed by atoms with E-state index in [1.54, 1.807) is 12.1 Å². The Kier molecular flexibility index (Phi) is 5.13. The van der Waals surface area contributed by atoms with Gasteiger partial charge >= 0.3 is 5.97 Å². The summed E-state index contributed by atoms with van der Waals surface area (Å²) in [5, 5.41) is 27.4. The van der Waals surface area contributed by atoms with Crippen molar-refractivity contribution in [1.82, 2.24) is 0 Å². The number of rotatable bonds is 5. The fourth-order valence-electron chi connectivity index (χ4n) is 1.63. The predicted molar refractivity (Wildman–Crippen MR) is 65.6 cm³/mol. The van der Waals surface area contributed by atoms with E-state index in [1.807, 2.05) is 12.1 Å². The number of aliphatic carboxylic acids is 1. The molecule has 0 aliphatic heterocycles. The Morgan fingerprint density at radius 2 is 2.24 bits per heavy atom. The number of nitriles is 1. The van der Waals surface area contributed by atoms with E-state index in [4.69, 9.17) is 10.4 Å². The Bertz CT molecular complexity index is 454. The Morgan fingerprint density at radius 1 is 1.53 bits per heavy atom. The second-order valence-corrected chi connectivity index (χ2v) is 4.08. The van der Waals surface area contributed by atoms with Crippen LogP contribution in [0, 0.1) is 11.3 Å². The molecule has 2 N–H and O–H groups in total. The highest BCUT2D eigenvalue weighted by molar-refractivity contribution is 9.08. The molecular formula is C12H12BrNO3. The summed E-state index contributed by atoms with van der Waals surface area (Å²) in [5.41, 5.74) is 2.02. The number of carboxylic acid groups (broad SMARTS) is 1. The van der Waals surface area contributed by atoms with E-state index < -0.39 is 12.1 Å². The third-order valence-corrected chi connectivity index (χ3v) is 3.04. The molecule has 1 rings (SSSR count). The van der Waals surface area contributed by atoms with Crippen molar-refractivity contribution >= 4 is 21.9 Å². The van der Waals surface area contributed by atoms with Crippen LogP contribution in [0.25, 0.3) is 0 Å². The molecule has 0 aliphatic rings. The maximum Gasteiger partial charge on any atom is 0.337 e. The van der Waals surface area contributed by atoms with Gasteiger partial charge in [-0.05, 0) is 23.1 Å². The molecule has 1 unspecified atom stereocenters. The van der Waals surface area contributed by atoms with E-state index in [0.717, 1.165) is 11.1 Å². The topological polar surface area (TPSA) is 81.3 Å². The van der Waals surface area contributed by atoms with Gasteiger partial charge in [0.1, 0.15) is 0 Å². The molecule has 1 aromatic carbocycles. The van der Waals surface area contributed by atoms with Gasteiger partial charge in [0.15, 0.2) is 6.10 Å². The SMILES string of the molecule is N#CCCc1cccc(C(O)C(=O)O)c1CBr. The first-order chi connectivity index (χ1) is 8.11. The standard InChI is InChI=1S/C12H12BrNO3/c13-7-10-8(4-2-6-14)3-1-5-9(10)11(15)12(16)17/h1,3,5,11,15H,2,4,7H2,(H,16,17). The lowest BCUT2D eigenvalue weighted by molar-refractivity contribution is -0.147. The van der Waals surface area contributed by atoms with E-state index in [-0.39, 0.29) is 0 Å². The molecule has 1 atom stereocenters. The molecule has 0 spiro atoms. The molecule has 0 aromatic heterocycles. The van der Waals surface area contributed by atoms with Crippen molar-refractivity contribution in [1.29, 1.82) is 5.26 Å². The van der Waals surface area contributed by atoms with Crippen LogP contribution in [0.1, 0.15) is 29.2 Å². The molecule has 90 valence electrons. The van der Waals surface area contributed by atoms with E-state index in [2.05, 4.69) is 15.9 Å². The largest absolute Gasteiger partial charge is 0.479 e. The molecule has 1 aromatic rings. The lowest BCUT2D eigenvalue weighted by atomic mass is 9.96. The zero-order valence-electron chi connectivity index (χ0n) is 9.06. The second-order valence-electron chi connectivity index (χ2n) is 3.52. The summed E-state index contributed by atoms with van der Waals surface area (Å²) in [5.74, 6) is -1.27. The Labute approximate surface area is 108 Å². The third-order valence-electron chi connectivity index (χ3n) is 2.48. The molecule has 4 nitrogen and oxygen atoms in total. The van der Waals surface area contributed by atoms with Crippen LogP contribution < -0.4 is 0 Å². The van der Waals surface area contributed by atoms with Gasteiger partial charge in [-0.25, -0.2) is 4.79 Å². The maximum atomic E-state index is 10.8. The molecule has 0 fully saturated rings. The number of aliphatic hydroxyl groups excluding tert-OH is 1. The highest BCUT2D eigenvalue weighted by atomic mass is 79.9. The second kappa shape index (κ2) is 6.38. The van der Waals surface area contributed by atoms with E-state index in [0.29, 0.717) is 23.7 Å². The average molecular weight is 298 g/mol. The van der Waals surface area contributed by atoms with Gasteiger partial charge in [0, 0.05) is 11.8 Å². The normalized spacial score (nSPS) is 11.8. The number of carbonyl (C=O) groups is 1. The van der Waals surface area contributed by atoms with Crippen LogP contribution in [-0.2, 0) is 16.5 Å². The number of aliphatic hydroxyl groups is 1. The quantitative estimate of drug-likeness (QED) is 0.816. The number of nitrogens with zero attached hydrogens (tertiary/aromatic N) is 1. The molecule has 0 heterocycles. The van der Waals surface area contributed by atoms with Crippen LogP contribution in [0.4, 0.5) is 0 Å². The first-order valence-electron chi connectivity index (χ1n) is 5.06. The van der Waals surface area contributed by atoms with Gasteiger partial charge in [0.2, 0.25) is 0 Å². The average Bonchev–Trinajstić information content (AvgIpc) is 2.34. The molecule has 0 radical (unpaired) electrons. The van der Waals surface area contributed by atoms with E-state index >= 15 is 0 Å². The van der Waals surface area contributed by atoms with Crippen molar-refractivity contribution in [3.63, 3.8) is 0 Å². The first-order valence-corrected chi connectivity index (χ1v) is 6.18. The molecular weight excluding hydrogens is 286 g/mol. The molecule has 0 amide bonds. The number of halogens is 1. The maximum absolute atomic E-state index is 10.8. The Hall–Kier alpha value is -1.38. The highest BCUT2D eigenvalue weighted by Crippen LogP contribution is 2.25. The minimum absolute atomic E-state index is 0.368. The van der Waals surface area contributed by atoms with Gasteiger partial charge in [0.05, 0.1) is 6.07 Å². The van der Waals surface area contributed by atoms with Gasteiger partial charge in [-0.3, -0.25) is 0 Å². The summed E-state index contributed by atoms with van der Waals surface area (Å²) in [6, 6.07) is 7.17. The van der Waals surface area contributed by atoms with Crippen LogP contribution >= 0.6 is 15.9 Å². The van der Waals surface area contributed by atoms with Gasteiger partial charge in [-0.2, -0.15) is 5.26 Å². The fourth-order valence-corrected chi connectivity index (χ4v) is 2.32. The molecule has 0 saturated heterocycles. The van der Waals surface area contributed by atoms with Gasteiger partial charge in [-0.1, -0.05) is 34.1 Å². The number of benzene rings is 1. The Morgan fingerprint density at radius 3 is 2.76 bits per heavy atom. The minimum atomic E-state index is -1.52. The first kappa shape index (κ1) is 13.7. The highest BCUT2D eigenvalue weighted by Gasteiger charge is 2.20. The molecule has 17 heavy (non-hydrogen) atoms. The van der Waals surface area contributed by atoms with Crippen molar-refractivity contribution in [2.45, 2.75) is 24.3 Å². The molecule has 0 bridgehead atoms. The van der Waals surface area contributed by atoms with Crippen molar-refractivity contribution < 1.29 is 15.0 Å². The van der Waals surface area contributed by atoms with Gasteiger partial charge in [-0.15, -0.1) is 0 Å². The lowest BCUT2D eigenvalue weighted by Gasteiger charge is -2.14. The fraction of sp³-hybridized carbons (Fsp3) is 0.333. The summed E-state index contributed by atoms with van der Waals surface area (Å²) >= 11 is 3.28. The number of hydrogen-bond donors (Lipinski definition) is 2. The van der Waals surface area contributed by atoms with Crippen molar-refractivity contribution in [2.75, 3.05) is 0 Å². The zero-order valence-corrected chi connectivity index (χ0v) is 10.6. The van der Waals surface area contributed by atoms with Crippen molar-refractivity contribution in [3.05, 3.63) is 34.9 Å². The number of alkyl halides is 1. The Balaban J connectivity index is 3.14. The third kappa shape index (κ3) is 3.29. The summed E-state index contributed by atoms with van der Waals surface area (Å²) in [4.78, 5) is 10.8. The summed E-state index contributed by atoms with van der Waals surface area (Å²) in [6.07, 6.45) is -0.603. The molecule has 0 saturated carbocycles. The van der Waals surface area contributed by atoms with Crippen LogP contribution in [0.5, 0.6) is 0 Å². The van der Waals surface area contributed by atoms with Crippen LogP contribution in [0.3, 0.4) is 0 Å². The predicted octanol–water partition coefficient (Wildman–Crippen LogP) is 2.16. The number of carboxylic acids is 1. The summed E-state index contributed by atoms with van der Waals surface area (Å²) in [7, 11) is 0. The van der Waals surface area contributed by atoms with Crippen LogP contribution in [0.2, 0.25) is 0 Å². The van der Waals surface area contributed by atoms with Crippen molar-refractivity contribution in [2.24, 2.45) is 0 Å². The molecule has 0 aliphatic carbocycles. The van der Waals surface area contributed by atoms with E-state index in [1.165, 1.54) is 0 Å². The number of aryl methyl sites for hydroxylation is 1. The monoisotopic (exact) mass is 297 g/mol. The summed E-state index contributed by atoms with van der Waals surface area (Å²) < 4.78 is 0. The smallest absolute Gasteiger partial charge is 0.337 e. The number of hydrogen-bond acceptors (Lipinski definition) is 3. The zero-order chi connectivity index (χ0) is 12.8. The van der Waals surface area contributed by atoms with Crippen LogP contribution in [0.15, 0.2) is 18.2 Å². The van der Waals surface area contributed by atoms with Gasteiger partial charge < -0.3 is 10.2 Å². The van der Waals surface area contributed by atoms with E-state index in [9.17, 15) is 9.90 Å². The van der Waals surface area contributed by atoms with Crippen molar-refractivity contribution in [3.8, 4) is 6.07 Å². The molecule has 5 heteroatoms. The summed E-state index contributed by atoms with van der Waals surface area (Å²) in [6.45, 7) is 0. The minimum Gasteiger partial charge on any atom is -0.479 e. The lowest BCUT2D eigenvalue weighted by Crippen LogP contribution is -2.13.